The molecule has 2 atom stereocenters. The number of pyridine rings is 2. The highest BCUT2D eigenvalue weighted by atomic mass is 35.5. The Hall–Kier alpha value is -2.74. The van der Waals surface area contributed by atoms with Gasteiger partial charge in [-0.15, -0.1) is 12.4 Å². The Balaban J connectivity index is 0.00000216. The van der Waals surface area contributed by atoms with E-state index in [9.17, 15) is 14.7 Å². The van der Waals surface area contributed by atoms with Gasteiger partial charge in [-0.3, -0.25) is 4.79 Å². The lowest BCUT2D eigenvalue weighted by Gasteiger charge is -2.31. The molecular formula is C24H24ClN3O4. The fourth-order valence-corrected chi connectivity index (χ4v) is 5.60. The van der Waals surface area contributed by atoms with Crippen LogP contribution in [-0.4, -0.2) is 20.6 Å². The van der Waals surface area contributed by atoms with Crippen LogP contribution in [-0.2, 0) is 34.7 Å². The normalized spacial score (nSPS) is 22.6. The molecular weight excluding hydrogens is 430 g/mol. The third-order valence-electron chi connectivity index (χ3n) is 7.30. The molecule has 3 aliphatic rings. The molecule has 0 fully saturated rings. The molecule has 3 N–H and O–H groups in total. The largest absolute Gasteiger partial charge is 0.458 e. The average molecular weight is 454 g/mol. The SMILES string of the molecule is CC[C@@]1(O)C(=O)OCc2c1cc1n(c2=O)Cc2c-1nc1ccc(C)c3c1c2CCC3N.Cl. The number of aryl methyl sites for hydroxylation is 2. The Labute approximate surface area is 190 Å². The van der Waals surface area contributed by atoms with Crippen molar-refractivity contribution in [2.75, 3.05) is 0 Å². The third kappa shape index (κ3) is 2.47. The molecule has 0 radical (unpaired) electrons. The fourth-order valence-electron chi connectivity index (χ4n) is 5.60. The van der Waals surface area contributed by atoms with Crippen LogP contribution in [0.5, 0.6) is 0 Å². The van der Waals surface area contributed by atoms with E-state index in [1.165, 1.54) is 5.56 Å². The predicted octanol–water partition coefficient (Wildman–Crippen LogP) is 2.76. The van der Waals surface area contributed by atoms with Gasteiger partial charge in [0.15, 0.2) is 5.60 Å². The second-order valence-corrected chi connectivity index (χ2v) is 8.86. The van der Waals surface area contributed by atoms with Crippen LogP contribution < -0.4 is 11.3 Å². The highest BCUT2D eigenvalue weighted by molar-refractivity contribution is 5.93. The monoisotopic (exact) mass is 453 g/mol. The number of nitrogens with zero attached hydrogens (tertiary/aromatic N) is 2. The summed E-state index contributed by atoms with van der Waals surface area (Å²) in [6.45, 7) is 4.09. The van der Waals surface area contributed by atoms with E-state index in [1.807, 2.05) is 12.1 Å². The lowest BCUT2D eigenvalue weighted by Crippen LogP contribution is -2.44. The first-order chi connectivity index (χ1) is 14.8. The Kier molecular flexibility index (Phi) is 4.54. The summed E-state index contributed by atoms with van der Waals surface area (Å²) >= 11 is 0. The van der Waals surface area contributed by atoms with Crippen LogP contribution in [0.15, 0.2) is 23.0 Å². The molecule has 4 heterocycles. The number of halogens is 1. The number of rotatable bonds is 1. The van der Waals surface area contributed by atoms with Crippen molar-refractivity contribution in [1.82, 2.24) is 9.55 Å². The maximum atomic E-state index is 13.4. The van der Waals surface area contributed by atoms with Crippen LogP contribution in [0, 0.1) is 6.92 Å². The minimum absolute atomic E-state index is 0. The Morgan fingerprint density at radius 2 is 2.06 bits per heavy atom. The molecule has 0 saturated heterocycles. The van der Waals surface area contributed by atoms with Crippen molar-refractivity contribution in [1.29, 1.82) is 0 Å². The third-order valence-corrected chi connectivity index (χ3v) is 7.30. The van der Waals surface area contributed by atoms with E-state index in [4.69, 9.17) is 15.5 Å². The zero-order valence-corrected chi connectivity index (χ0v) is 18.7. The van der Waals surface area contributed by atoms with Gasteiger partial charge < -0.3 is 20.1 Å². The van der Waals surface area contributed by atoms with Crippen molar-refractivity contribution in [3.8, 4) is 11.4 Å². The fraction of sp³-hybridized carbons (Fsp3) is 0.375. The maximum absolute atomic E-state index is 13.4. The molecule has 2 aromatic heterocycles. The van der Waals surface area contributed by atoms with Crippen molar-refractivity contribution in [2.45, 2.75) is 57.9 Å². The smallest absolute Gasteiger partial charge is 0.343 e. The number of nitrogens with two attached hydrogens (primary N) is 1. The van der Waals surface area contributed by atoms with E-state index in [2.05, 4.69) is 6.92 Å². The summed E-state index contributed by atoms with van der Waals surface area (Å²) in [7, 11) is 0. The van der Waals surface area contributed by atoms with Crippen LogP contribution in [0.4, 0.5) is 0 Å². The van der Waals surface area contributed by atoms with Crippen molar-refractivity contribution in [3.63, 3.8) is 0 Å². The van der Waals surface area contributed by atoms with Gasteiger partial charge in [0.1, 0.15) is 6.61 Å². The zero-order valence-electron chi connectivity index (χ0n) is 17.9. The van der Waals surface area contributed by atoms with E-state index in [0.29, 0.717) is 23.4 Å². The van der Waals surface area contributed by atoms with Crippen LogP contribution in [0.3, 0.4) is 0 Å². The molecule has 6 rings (SSSR count). The van der Waals surface area contributed by atoms with Gasteiger partial charge in [0.25, 0.3) is 5.56 Å². The van der Waals surface area contributed by atoms with Gasteiger partial charge in [0.2, 0.25) is 0 Å². The summed E-state index contributed by atoms with van der Waals surface area (Å²) in [5.41, 5.74) is 11.9. The van der Waals surface area contributed by atoms with Gasteiger partial charge in [-0.25, -0.2) is 9.78 Å². The van der Waals surface area contributed by atoms with E-state index in [1.54, 1.807) is 17.6 Å². The first kappa shape index (κ1) is 21.1. The molecule has 1 aromatic carbocycles. The lowest BCUT2D eigenvalue weighted by molar-refractivity contribution is -0.172. The number of carbonyl (C=O) groups is 1. The minimum Gasteiger partial charge on any atom is -0.458 e. The highest BCUT2D eigenvalue weighted by Crippen LogP contribution is 2.44. The molecule has 0 saturated carbocycles. The maximum Gasteiger partial charge on any atom is 0.343 e. The zero-order chi connectivity index (χ0) is 21.7. The van der Waals surface area contributed by atoms with E-state index >= 15 is 0 Å². The summed E-state index contributed by atoms with van der Waals surface area (Å²) < 4.78 is 6.85. The molecule has 0 spiro atoms. The number of hydrogen-bond donors (Lipinski definition) is 2. The van der Waals surface area contributed by atoms with Crippen LogP contribution >= 0.6 is 12.4 Å². The Morgan fingerprint density at radius 1 is 1.28 bits per heavy atom. The lowest BCUT2D eigenvalue weighted by atomic mass is 9.82. The summed E-state index contributed by atoms with van der Waals surface area (Å²) in [4.78, 5) is 30.7. The van der Waals surface area contributed by atoms with Crippen LogP contribution in [0.2, 0.25) is 0 Å². The summed E-state index contributed by atoms with van der Waals surface area (Å²) in [5.74, 6) is -0.708. The molecule has 3 aromatic rings. The summed E-state index contributed by atoms with van der Waals surface area (Å²) in [6.07, 6.45) is 1.82. The van der Waals surface area contributed by atoms with Gasteiger partial charge >= 0.3 is 5.97 Å². The molecule has 2 aliphatic heterocycles. The van der Waals surface area contributed by atoms with Crippen molar-refractivity contribution >= 4 is 29.3 Å². The number of esters is 1. The number of cyclic esters (lactones) is 1. The number of hydrogen-bond acceptors (Lipinski definition) is 6. The molecule has 32 heavy (non-hydrogen) atoms. The number of fused-ring (bicyclic) bond motifs is 5. The second-order valence-electron chi connectivity index (χ2n) is 8.86. The van der Waals surface area contributed by atoms with Crippen LogP contribution in [0.1, 0.15) is 59.2 Å². The topological polar surface area (TPSA) is 107 Å². The average Bonchev–Trinajstić information content (AvgIpc) is 3.13. The Bertz CT molecular complexity index is 1400. The molecule has 166 valence electrons. The molecule has 8 heteroatoms. The van der Waals surface area contributed by atoms with Crippen molar-refractivity contribution < 1.29 is 14.6 Å². The molecule has 7 nitrogen and oxygen atoms in total. The first-order valence-corrected chi connectivity index (χ1v) is 10.7. The second kappa shape index (κ2) is 6.88. The quantitative estimate of drug-likeness (QED) is 0.429. The summed E-state index contributed by atoms with van der Waals surface area (Å²) in [6, 6.07) is 5.81. The van der Waals surface area contributed by atoms with Gasteiger partial charge in [-0.1, -0.05) is 13.0 Å². The van der Waals surface area contributed by atoms with E-state index in [-0.39, 0.29) is 37.0 Å². The Morgan fingerprint density at radius 3 is 2.81 bits per heavy atom. The van der Waals surface area contributed by atoms with E-state index < -0.39 is 11.6 Å². The van der Waals surface area contributed by atoms with Gasteiger partial charge in [0, 0.05) is 22.6 Å². The predicted molar refractivity (Wildman–Crippen MR) is 122 cm³/mol. The number of ether oxygens (including phenoxy) is 1. The molecule has 1 unspecified atom stereocenters. The summed E-state index contributed by atoms with van der Waals surface area (Å²) in [5, 5.41) is 12.1. The van der Waals surface area contributed by atoms with Crippen LogP contribution in [0.25, 0.3) is 22.3 Å². The number of benzene rings is 1. The minimum atomic E-state index is -1.81. The van der Waals surface area contributed by atoms with Crippen molar-refractivity contribution in [3.05, 3.63) is 61.9 Å². The number of aromatic nitrogens is 2. The molecule has 1 aliphatic carbocycles. The van der Waals surface area contributed by atoms with Gasteiger partial charge in [-0.2, -0.15) is 0 Å². The molecule has 0 bridgehead atoms. The molecule has 0 amide bonds. The number of carbonyl (C=O) groups excluding carboxylic acids is 1. The first-order valence-electron chi connectivity index (χ1n) is 10.7. The standard InChI is InChI=1S/C24H23N3O4.ClH/c1-3-24(30)15-8-18-21-13(9-27(18)22(28)14(15)10-31-23(24)29)12-5-6-16(25)19-11(2)4-7-17(26-21)20(12)19;/h4,7-8,16,30H,3,5-6,9-10,25H2,1-2H3;1H/t16?,24-;/m0./s1. The van der Waals surface area contributed by atoms with Gasteiger partial charge in [-0.05, 0) is 55.0 Å². The van der Waals surface area contributed by atoms with Crippen molar-refractivity contribution in [2.24, 2.45) is 5.73 Å². The number of aliphatic hydroxyl groups is 1. The highest BCUT2D eigenvalue weighted by Gasteiger charge is 2.45. The van der Waals surface area contributed by atoms with E-state index in [0.717, 1.165) is 46.1 Å². The van der Waals surface area contributed by atoms with Gasteiger partial charge in [0.05, 0.1) is 29.0 Å².